The van der Waals surface area contributed by atoms with Gasteiger partial charge in [0, 0.05) is 24.9 Å². The Balaban J connectivity index is 1.89. The zero-order valence-corrected chi connectivity index (χ0v) is 11.2. The highest BCUT2D eigenvalue weighted by Gasteiger charge is 2.40. The van der Waals surface area contributed by atoms with Crippen molar-refractivity contribution < 1.29 is 0 Å². The van der Waals surface area contributed by atoms with E-state index in [0.29, 0.717) is 5.41 Å². The smallest absolute Gasteiger partial charge is 0.0945 e. The molecule has 1 aromatic carbocycles. The first-order valence-corrected chi connectivity index (χ1v) is 7.06. The SMILES string of the molecule is CC(C)C1(Cc2nc3ccccc3s2)CNC1. The molecule has 0 aliphatic carbocycles. The summed E-state index contributed by atoms with van der Waals surface area (Å²) in [5.74, 6) is 0.718. The van der Waals surface area contributed by atoms with Gasteiger partial charge in [0.15, 0.2) is 0 Å². The molecular weight excluding hydrogens is 228 g/mol. The van der Waals surface area contributed by atoms with Gasteiger partial charge in [0.2, 0.25) is 0 Å². The molecule has 2 aromatic rings. The molecule has 0 saturated carbocycles. The molecule has 1 aromatic heterocycles. The van der Waals surface area contributed by atoms with Crippen LogP contribution >= 0.6 is 11.3 Å². The maximum Gasteiger partial charge on any atom is 0.0945 e. The Hall–Kier alpha value is -0.930. The molecule has 0 amide bonds. The second-order valence-corrected chi connectivity index (χ2v) is 6.49. The highest BCUT2D eigenvalue weighted by Crippen LogP contribution is 2.37. The van der Waals surface area contributed by atoms with Gasteiger partial charge in [-0.05, 0) is 18.1 Å². The van der Waals surface area contributed by atoms with Crippen LogP contribution < -0.4 is 5.32 Å². The van der Waals surface area contributed by atoms with Crippen molar-refractivity contribution in [3.8, 4) is 0 Å². The first-order valence-electron chi connectivity index (χ1n) is 6.25. The number of fused-ring (bicyclic) bond motifs is 1. The highest BCUT2D eigenvalue weighted by molar-refractivity contribution is 7.18. The van der Waals surface area contributed by atoms with Crippen LogP contribution in [0, 0.1) is 11.3 Å². The van der Waals surface area contributed by atoms with Crippen molar-refractivity contribution in [1.82, 2.24) is 10.3 Å². The molecule has 90 valence electrons. The standard InChI is InChI=1S/C14H18N2S/c1-10(2)14(8-15-9-14)7-13-16-11-5-3-4-6-12(11)17-13/h3-6,10,15H,7-9H2,1-2H3. The number of rotatable bonds is 3. The minimum Gasteiger partial charge on any atom is -0.315 e. The summed E-state index contributed by atoms with van der Waals surface area (Å²) in [6.45, 7) is 6.93. The van der Waals surface area contributed by atoms with Crippen LogP contribution in [-0.2, 0) is 6.42 Å². The van der Waals surface area contributed by atoms with Crippen LogP contribution in [0.15, 0.2) is 24.3 Å². The summed E-state index contributed by atoms with van der Waals surface area (Å²) in [6.07, 6.45) is 1.12. The van der Waals surface area contributed by atoms with Crippen molar-refractivity contribution in [2.24, 2.45) is 11.3 Å². The van der Waals surface area contributed by atoms with Gasteiger partial charge in [-0.15, -0.1) is 11.3 Å². The van der Waals surface area contributed by atoms with Crippen LogP contribution in [0.5, 0.6) is 0 Å². The van der Waals surface area contributed by atoms with Gasteiger partial charge in [-0.3, -0.25) is 0 Å². The average molecular weight is 246 g/mol. The minimum atomic E-state index is 0.438. The number of aromatic nitrogens is 1. The normalized spacial score (nSPS) is 18.5. The Morgan fingerprint density at radius 3 is 2.71 bits per heavy atom. The third kappa shape index (κ3) is 1.87. The lowest BCUT2D eigenvalue weighted by Crippen LogP contribution is -2.57. The fourth-order valence-electron chi connectivity index (χ4n) is 2.48. The summed E-state index contributed by atoms with van der Waals surface area (Å²) in [7, 11) is 0. The fourth-order valence-corrected chi connectivity index (χ4v) is 3.60. The number of nitrogens with zero attached hydrogens (tertiary/aromatic N) is 1. The number of thiazole rings is 1. The Morgan fingerprint density at radius 1 is 1.35 bits per heavy atom. The number of para-hydroxylation sites is 1. The van der Waals surface area contributed by atoms with Crippen LogP contribution in [0.4, 0.5) is 0 Å². The zero-order valence-electron chi connectivity index (χ0n) is 10.4. The molecule has 0 radical (unpaired) electrons. The van der Waals surface area contributed by atoms with Gasteiger partial charge in [0.05, 0.1) is 15.2 Å². The van der Waals surface area contributed by atoms with Crippen LogP contribution in [0.25, 0.3) is 10.2 Å². The summed E-state index contributed by atoms with van der Waals surface area (Å²) in [6, 6.07) is 8.43. The van der Waals surface area contributed by atoms with E-state index in [-0.39, 0.29) is 0 Å². The van der Waals surface area contributed by atoms with Gasteiger partial charge >= 0.3 is 0 Å². The van der Waals surface area contributed by atoms with E-state index in [1.54, 1.807) is 0 Å². The summed E-state index contributed by atoms with van der Waals surface area (Å²) in [5, 5.41) is 4.71. The number of benzene rings is 1. The summed E-state index contributed by atoms with van der Waals surface area (Å²) >= 11 is 1.85. The molecule has 0 unspecified atom stereocenters. The molecule has 1 aliphatic rings. The highest BCUT2D eigenvalue weighted by atomic mass is 32.1. The molecule has 0 bridgehead atoms. The Bertz CT molecular complexity index is 493. The van der Waals surface area contributed by atoms with Crippen LogP contribution in [0.2, 0.25) is 0 Å². The first kappa shape index (κ1) is 11.2. The second kappa shape index (κ2) is 4.07. The largest absolute Gasteiger partial charge is 0.315 e. The third-order valence-corrected chi connectivity index (χ3v) is 5.06. The van der Waals surface area contributed by atoms with Gasteiger partial charge in [-0.1, -0.05) is 26.0 Å². The van der Waals surface area contributed by atoms with Crippen molar-refractivity contribution in [3.05, 3.63) is 29.3 Å². The van der Waals surface area contributed by atoms with E-state index < -0.39 is 0 Å². The van der Waals surface area contributed by atoms with Crippen LogP contribution in [0.1, 0.15) is 18.9 Å². The van der Waals surface area contributed by atoms with Gasteiger partial charge in [0.25, 0.3) is 0 Å². The maximum atomic E-state index is 4.75. The Morgan fingerprint density at radius 2 is 2.12 bits per heavy atom. The van der Waals surface area contributed by atoms with Crippen molar-refractivity contribution >= 4 is 21.6 Å². The number of hydrogen-bond donors (Lipinski definition) is 1. The van der Waals surface area contributed by atoms with Crippen molar-refractivity contribution in [3.63, 3.8) is 0 Å². The van der Waals surface area contributed by atoms with E-state index >= 15 is 0 Å². The maximum absolute atomic E-state index is 4.75. The van der Waals surface area contributed by atoms with E-state index in [0.717, 1.165) is 30.9 Å². The topological polar surface area (TPSA) is 24.9 Å². The predicted molar refractivity (Wildman–Crippen MR) is 73.5 cm³/mol. The lowest BCUT2D eigenvalue weighted by Gasteiger charge is -2.45. The van der Waals surface area contributed by atoms with Crippen molar-refractivity contribution in [2.75, 3.05) is 13.1 Å². The van der Waals surface area contributed by atoms with Crippen molar-refractivity contribution in [2.45, 2.75) is 20.3 Å². The fraction of sp³-hybridized carbons (Fsp3) is 0.500. The van der Waals surface area contributed by atoms with E-state index in [2.05, 4.69) is 43.4 Å². The lowest BCUT2D eigenvalue weighted by molar-refractivity contribution is 0.0994. The summed E-state index contributed by atoms with van der Waals surface area (Å²) < 4.78 is 1.31. The number of nitrogens with one attached hydrogen (secondary N) is 1. The quantitative estimate of drug-likeness (QED) is 0.900. The summed E-state index contributed by atoms with van der Waals surface area (Å²) in [5.41, 5.74) is 1.59. The number of hydrogen-bond acceptors (Lipinski definition) is 3. The van der Waals surface area contributed by atoms with Crippen molar-refractivity contribution in [1.29, 1.82) is 0 Å². The molecule has 2 heterocycles. The molecule has 1 aliphatic heterocycles. The third-order valence-electron chi connectivity index (χ3n) is 4.02. The Labute approximate surface area is 106 Å². The predicted octanol–water partition coefficient (Wildman–Crippen LogP) is 3.08. The molecule has 1 saturated heterocycles. The monoisotopic (exact) mass is 246 g/mol. The molecular formula is C14H18N2S. The van der Waals surface area contributed by atoms with E-state index in [4.69, 9.17) is 4.98 Å². The average Bonchev–Trinajstić information content (AvgIpc) is 2.65. The molecule has 3 heteroatoms. The Kier molecular flexibility index (Phi) is 2.68. The zero-order chi connectivity index (χ0) is 11.9. The molecule has 1 fully saturated rings. The van der Waals surface area contributed by atoms with Gasteiger partial charge < -0.3 is 5.32 Å². The van der Waals surface area contributed by atoms with E-state index in [9.17, 15) is 0 Å². The second-order valence-electron chi connectivity index (χ2n) is 5.37. The first-order chi connectivity index (χ1) is 8.20. The van der Waals surface area contributed by atoms with Crippen LogP contribution in [0.3, 0.4) is 0 Å². The minimum absolute atomic E-state index is 0.438. The molecule has 0 spiro atoms. The van der Waals surface area contributed by atoms with Crippen LogP contribution in [-0.4, -0.2) is 18.1 Å². The van der Waals surface area contributed by atoms with Gasteiger partial charge in [-0.2, -0.15) is 0 Å². The van der Waals surface area contributed by atoms with Gasteiger partial charge in [-0.25, -0.2) is 4.98 Å². The molecule has 3 rings (SSSR count). The van der Waals surface area contributed by atoms with E-state index in [1.807, 2.05) is 11.3 Å². The molecule has 1 N–H and O–H groups in total. The molecule has 2 nitrogen and oxygen atoms in total. The molecule has 17 heavy (non-hydrogen) atoms. The van der Waals surface area contributed by atoms with Gasteiger partial charge in [0.1, 0.15) is 0 Å². The lowest BCUT2D eigenvalue weighted by atomic mass is 9.70. The molecule has 0 atom stereocenters. The summed E-state index contributed by atoms with van der Waals surface area (Å²) in [4.78, 5) is 4.75. The van der Waals surface area contributed by atoms with E-state index in [1.165, 1.54) is 9.71 Å².